The zero-order valence-corrected chi connectivity index (χ0v) is 13.8. The number of halogens is 4. The molecule has 1 aromatic carbocycles. The van der Waals surface area contributed by atoms with Gasteiger partial charge in [-0.1, -0.05) is 30.6 Å². The van der Waals surface area contributed by atoms with Gasteiger partial charge in [-0.2, -0.15) is 13.2 Å². The number of benzene rings is 1. The molecular formula is C15H19F4NO2S. The van der Waals surface area contributed by atoms with Crippen molar-refractivity contribution >= 4 is 17.1 Å². The molecule has 130 valence electrons. The average Bonchev–Trinajstić information content (AvgIpc) is 2.44. The van der Waals surface area contributed by atoms with Gasteiger partial charge < -0.3 is 9.29 Å². The van der Waals surface area contributed by atoms with Gasteiger partial charge in [-0.25, -0.2) is 4.39 Å². The highest BCUT2D eigenvalue weighted by Gasteiger charge is 2.40. The van der Waals surface area contributed by atoms with Crippen LogP contribution >= 0.6 is 0 Å². The van der Waals surface area contributed by atoms with Crippen molar-refractivity contribution in [1.82, 2.24) is 0 Å². The van der Waals surface area contributed by atoms with Crippen molar-refractivity contribution in [3.05, 3.63) is 29.6 Å². The number of hydrogen-bond acceptors (Lipinski definition) is 3. The van der Waals surface area contributed by atoms with Gasteiger partial charge in [-0.15, -0.1) is 0 Å². The Kier molecular flexibility index (Phi) is 7.84. The maximum atomic E-state index is 14.0. The third-order valence-electron chi connectivity index (χ3n) is 2.95. The minimum atomic E-state index is -4.89. The highest BCUT2D eigenvalue weighted by atomic mass is 32.2. The number of unbranched alkanes of at least 4 members (excludes halogenated alkanes) is 3. The molecule has 0 aliphatic heterocycles. The van der Waals surface area contributed by atoms with Crippen LogP contribution < -0.4 is 4.74 Å². The summed E-state index contributed by atoms with van der Waals surface area (Å²) in [6, 6.07) is 3.07. The fourth-order valence-electron chi connectivity index (χ4n) is 1.88. The topological polar surface area (TPSA) is 44.6 Å². The van der Waals surface area contributed by atoms with Gasteiger partial charge in [0.15, 0.2) is 0 Å². The summed E-state index contributed by atoms with van der Waals surface area (Å²) in [6.07, 6.45) is -0.00406. The van der Waals surface area contributed by atoms with Crippen LogP contribution in [0, 0.1) is 5.82 Å². The summed E-state index contributed by atoms with van der Waals surface area (Å²) >= 11 is -2.09. The molecule has 1 aromatic rings. The van der Waals surface area contributed by atoms with E-state index in [1.54, 1.807) is 0 Å². The Morgan fingerprint density at radius 3 is 2.48 bits per heavy atom. The van der Waals surface area contributed by atoms with Crippen LogP contribution in [0.15, 0.2) is 22.6 Å². The number of rotatable bonds is 8. The zero-order valence-electron chi connectivity index (χ0n) is 13.0. The second-order valence-electron chi connectivity index (χ2n) is 4.91. The molecule has 0 radical (unpaired) electrons. The lowest BCUT2D eigenvalue weighted by molar-refractivity contribution is -0.0580. The molecule has 23 heavy (non-hydrogen) atoms. The Morgan fingerprint density at radius 1 is 1.26 bits per heavy atom. The van der Waals surface area contributed by atoms with Crippen LogP contribution in [0.5, 0.6) is 5.75 Å². The molecule has 0 N–H and O–H groups in total. The van der Waals surface area contributed by atoms with Crippen molar-refractivity contribution in [2.24, 2.45) is 4.40 Å². The first-order chi connectivity index (χ1) is 10.8. The van der Waals surface area contributed by atoms with E-state index in [0.717, 1.165) is 44.1 Å². The smallest absolute Gasteiger partial charge is 0.438 e. The summed E-state index contributed by atoms with van der Waals surface area (Å²) in [6.45, 7) is 2.44. The van der Waals surface area contributed by atoms with Crippen LogP contribution in [0.1, 0.15) is 38.2 Å². The number of ether oxygens (including phenoxy) is 1. The second kappa shape index (κ2) is 9.12. The summed E-state index contributed by atoms with van der Waals surface area (Å²) < 4.78 is 71.9. The van der Waals surface area contributed by atoms with Crippen LogP contribution in [0.4, 0.5) is 17.6 Å². The lowest BCUT2D eigenvalue weighted by Crippen LogP contribution is -2.26. The third-order valence-corrected chi connectivity index (χ3v) is 3.39. The maximum Gasteiger partial charge on any atom is 0.438 e. The molecule has 1 atom stereocenters. The molecule has 1 rings (SSSR count). The van der Waals surface area contributed by atoms with Crippen molar-refractivity contribution in [2.75, 3.05) is 12.9 Å². The van der Waals surface area contributed by atoms with E-state index in [4.69, 9.17) is 4.74 Å². The SMILES string of the molecule is CCCCCCOc1ccc(/C(=N\[S@+](C)[O-])C(F)(F)F)c(F)c1. The van der Waals surface area contributed by atoms with Gasteiger partial charge in [-0.3, -0.25) is 0 Å². The van der Waals surface area contributed by atoms with Gasteiger partial charge in [0.05, 0.1) is 18.0 Å². The average molecular weight is 353 g/mol. The first-order valence-corrected chi connectivity index (χ1v) is 8.69. The van der Waals surface area contributed by atoms with Crippen LogP contribution in [0.25, 0.3) is 0 Å². The molecule has 0 amide bonds. The predicted octanol–water partition coefficient (Wildman–Crippen LogP) is 4.43. The quantitative estimate of drug-likeness (QED) is 0.300. The lowest BCUT2D eigenvalue weighted by atomic mass is 10.1. The van der Waals surface area contributed by atoms with Crippen molar-refractivity contribution < 1.29 is 26.9 Å². The van der Waals surface area contributed by atoms with Crippen molar-refractivity contribution in [1.29, 1.82) is 0 Å². The lowest BCUT2D eigenvalue weighted by Gasteiger charge is -2.12. The van der Waals surface area contributed by atoms with Crippen molar-refractivity contribution in [3.8, 4) is 5.75 Å². The Bertz CT molecular complexity index is 533. The highest BCUT2D eigenvalue weighted by Crippen LogP contribution is 2.27. The molecule has 0 bridgehead atoms. The first-order valence-electron chi connectivity index (χ1n) is 7.17. The van der Waals surface area contributed by atoms with E-state index < -0.39 is 34.6 Å². The minimum Gasteiger partial charge on any atom is -0.591 e. The molecule has 0 aliphatic carbocycles. The maximum absolute atomic E-state index is 14.0. The van der Waals surface area contributed by atoms with E-state index in [0.29, 0.717) is 6.61 Å². The molecule has 0 saturated carbocycles. The summed E-state index contributed by atoms with van der Waals surface area (Å²) in [5, 5.41) is 0. The van der Waals surface area contributed by atoms with Gasteiger partial charge in [0.25, 0.3) is 0 Å². The standard InChI is InChI=1S/C15H19F4NO2S/c1-3-4-5-6-9-22-11-7-8-12(13(16)10-11)14(15(17,18)19)20-23(2)21/h7-8,10H,3-6,9H2,1-2H3/b20-14+/t23-/m0/s1. The molecule has 0 aliphatic rings. The molecule has 0 unspecified atom stereocenters. The predicted molar refractivity (Wildman–Crippen MR) is 82.7 cm³/mol. The van der Waals surface area contributed by atoms with Gasteiger partial charge in [-0.05, 0) is 18.6 Å². The summed E-state index contributed by atoms with van der Waals surface area (Å²) in [4.78, 5) is 0. The monoisotopic (exact) mass is 353 g/mol. The van der Waals surface area contributed by atoms with E-state index in [9.17, 15) is 22.1 Å². The molecule has 3 nitrogen and oxygen atoms in total. The normalized spacial score (nSPS) is 14.0. The fraction of sp³-hybridized carbons (Fsp3) is 0.533. The number of nitrogens with zero attached hydrogens (tertiary/aromatic N) is 1. The second-order valence-corrected chi connectivity index (χ2v) is 5.94. The van der Waals surface area contributed by atoms with E-state index in [-0.39, 0.29) is 5.75 Å². The van der Waals surface area contributed by atoms with E-state index in [1.165, 1.54) is 6.07 Å². The largest absolute Gasteiger partial charge is 0.591 e. The van der Waals surface area contributed by atoms with Crippen LogP contribution in [-0.2, 0) is 11.4 Å². The number of hydrogen-bond donors (Lipinski definition) is 0. The molecule has 0 saturated heterocycles. The summed E-state index contributed by atoms with van der Waals surface area (Å²) in [7, 11) is 0. The molecule has 8 heteroatoms. The molecule has 0 heterocycles. The van der Waals surface area contributed by atoms with Gasteiger partial charge in [0.1, 0.15) is 17.8 Å². The van der Waals surface area contributed by atoms with Gasteiger partial charge >= 0.3 is 6.18 Å². The van der Waals surface area contributed by atoms with E-state index >= 15 is 0 Å². The molecule has 0 fully saturated rings. The fourth-order valence-corrected chi connectivity index (χ4v) is 2.34. The Balaban J connectivity index is 2.86. The van der Waals surface area contributed by atoms with E-state index in [2.05, 4.69) is 11.3 Å². The Labute approximate surface area is 136 Å². The highest BCUT2D eigenvalue weighted by molar-refractivity contribution is 7.89. The van der Waals surface area contributed by atoms with Crippen molar-refractivity contribution in [2.45, 2.75) is 38.8 Å². The Morgan fingerprint density at radius 2 is 1.96 bits per heavy atom. The van der Waals surface area contributed by atoms with Crippen molar-refractivity contribution in [3.63, 3.8) is 0 Å². The van der Waals surface area contributed by atoms with Crippen LogP contribution in [0.3, 0.4) is 0 Å². The molecule has 0 aromatic heterocycles. The van der Waals surface area contributed by atoms with Gasteiger partial charge in [0.2, 0.25) is 5.71 Å². The number of alkyl halides is 3. The van der Waals surface area contributed by atoms with Crippen LogP contribution in [0.2, 0.25) is 0 Å². The third kappa shape index (κ3) is 6.78. The Hall–Kier alpha value is -1.28. The van der Waals surface area contributed by atoms with Gasteiger partial charge in [0, 0.05) is 11.6 Å². The van der Waals surface area contributed by atoms with E-state index in [1.807, 2.05) is 0 Å². The minimum absolute atomic E-state index is 0.155. The van der Waals surface area contributed by atoms with Crippen LogP contribution in [-0.4, -0.2) is 29.3 Å². The zero-order chi connectivity index (χ0) is 17.5. The molecule has 0 spiro atoms. The summed E-state index contributed by atoms with van der Waals surface area (Å²) in [5.41, 5.74) is -2.24. The summed E-state index contributed by atoms with van der Waals surface area (Å²) in [5.74, 6) is -0.959. The molecular weight excluding hydrogens is 334 g/mol. The first kappa shape index (κ1) is 19.8.